The van der Waals surface area contributed by atoms with Crippen LogP contribution in [0.15, 0.2) is 35.2 Å². The molecular weight excluding hydrogens is 256 g/mol. The van der Waals surface area contributed by atoms with Crippen molar-refractivity contribution >= 4 is 28.9 Å². The molecule has 0 aliphatic carbocycles. The minimum Gasteiger partial charge on any atom is -0.473 e. The number of fused-ring (bicyclic) bond motifs is 1. The van der Waals surface area contributed by atoms with E-state index in [1.54, 1.807) is 12.3 Å². The molecule has 0 bridgehead atoms. The lowest BCUT2D eigenvalue weighted by Gasteiger charge is -2.08. The van der Waals surface area contributed by atoms with Crippen LogP contribution in [-0.2, 0) is 9.53 Å². The van der Waals surface area contributed by atoms with Gasteiger partial charge in [0.1, 0.15) is 11.2 Å². The maximum Gasteiger partial charge on any atom is 0.277 e. The third-order valence-electron chi connectivity index (χ3n) is 2.86. The summed E-state index contributed by atoms with van der Waals surface area (Å²) in [5.41, 5.74) is 4.49. The van der Waals surface area contributed by atoms with Crippen molar-refractivity contribution in [3.05, 3.63) is 35.7 Å². The number of hydrogen-bond acceptors (Lipinski definition) is 4. The highest BCUT2D eigenvalue weighted by Gasteiger charge is 2.25. The second-order valence-electron chi connectivity index (χ2n) is 4.73. The van der Waals surface area contributed by atoms with E-state index in [0.717, 1.165) is 16.6 Å². The van der Waals surface area contributed by atoms with Gasteiger partial charge >= 0.3 is 0 Å². The van der Waals surface area contributed by atoms with E-state index in [4.69, 9.17) is 4.74 Å². The number of pyridine rings is 1. The first-order valence-corrected chi connectivity index (χ1v) is 6.34. The van der Waals surface area contributed by atoms with Crippen LogP contribution in [0.2, 0.25) is 0 Å². The summed E-state index contributed by atoms with van der Waals surface area (Å²) in [4.78, 5) is 19.1. The van der Waals surface area contributed by atoms with Gasteiger partial charge in [0.2, 0.25) is 5.90 Å². The van der Waals surface area contributed by atoms with Gasteiger partial charge in [-0.05, 0) is 32.1 Å². The zero-order valence-electron chi connectivity index (χ0n) is 11.2. The number of hydrazone groups is 1. The fraction of sp³-hybridized carbons (Fsp3) is 0.214. The van der Waals surface area contributed by atoms with Gasteiger partial charge in [-0.1, -0.05) is 0 Å². The average Bonchev–Trinajstić information content (AvgIpc) is 2.97. The van der Waals surface area contributed by atoms with E-state index in [1.807, 2.05) is 32.2 Å². The van der Waals surface area contributed by atoms with Crippen molar-refractivity contribution in [2.24, 2.45) is 5.10 Å². The molecule has 0 spiro atoms. The summed E-state index contributed by atoms with van der Waals surface area (Å²) in [6.07, 6.45) is 5.23. The molecule has 0 unspecified atom stereocenters. The average molecular weight is 270 g/mol. The minimum absolute atomic E-state index is 0.0468. The molecule has 1 aliphatic heterocycles. The molecule has 0 fully saturated rings. The monoisotopic (exact) mass is 270 g/mol. The summed E-state index contributed by atoms with van der Waals surface area (Å²) in [6, 6.07) is 3.80. The molecule has 0 saturated heterocycles. The second kappa shape index (κ2) is 4.80. The Labute approximate surface area is 115 Å². The van der Waals surface area contributed by atoms with Crippen LogP contribution in [0.4, 0.5) is 0 Å². The summed E-state index contributed by atoms with van der Waals surface area (Å²) < 4.78 is 5.53. The molecule has 6 nitrogen and oxygen atoms in total. The Balaban J connectivity index is 2.02. The number of aromatic nitrogens is 2. The van der Waals surface area contributed by atoms with Gasteiger partial charge in [0.05, 0.1) is 6.10 Å². The molecule has 0 saturated carbocycles. The number of H-pyrrole nitrogens is 1. The van der Waals surface area contributed by atoms with Crippen LogP contribution in [0.5, 0.6) is 0 Å². The van der Waals surface area contributed by atoms with Gasteiger partial charge in [-0.2, -0.15) is 0 Å². The summed E-state index contributed by atoms with van der Waals surface area (Å²) in [6.45, 7) is 3.77. The zero-order chi connectivity index (χ0) is 14.1. The van der Waals surface area contributed by atoms with E-state index in [-0.39, 0.29) is 12.0 Å². The van der Waals surface area contributed by atoms with Crippen molar-refractivity contribution in [3.8, 4) is 0 Å². The third kappa shape index (κ3) is 2.16. The predicted molar refractivity (Wildman–Crippen MR) is 75.9 cm³/mol. The van der Waals surface area contributed by atoms with Crippen LogP contribution in [-0.4, -0.2) is 27.9 Å². The van der Waals surface area contributed by atoms with Gasteiger partial charge in [-0.15, -0.1) is 5.10 Å². The van der Waals surface area contributed by atoms with E-state index in [9.17, 15) is 4.79 Å². The summed E-state index contributed by atoms with van der Waals surface area (Å²) in [5.74, 6) is 0.0575. The SMILES string of the molecule is CC(C)OC1=NNC(=O)C1=Cc1c[nH]c2ncccc12. The highest BCUT2D eigenvalue weighted by molar-refractivity contribution is 6.25. The van der Waals surface area contributed by atoms with Crippen LogP contribution < -0.4 is 5.43 Å². The van der Waals surface area contributed by atoms with Gasteiger partial charge in [-0.25, -0.2) is 10.4 Å². The number of nitrogens with zero attached hydrogens (tertiary/aromatic N) is 2. The number of aromatic amines is 1. The zero-order valence-corrected chi connectivity index (χ0v) is 11.2. The molecule has 2 aromatic heterocycles. The number of amides is 1. The Morgan fingerprint density at radius 2 is 2.25 bits per heavy atom. The van der Waals surface area contributed by atoms with Crippen LogP contribution >= 0.6 is 0 Å². The normalized spacial score (nSPS) is 16.9. The van der Waals surface area contributed by atoms with Crippen molar-refractivity contribution in [2.75, 3.05) is 0 Å². The van der Waals surface area contributed by atoms with Gasteiger partial charge in [-0.3, -0.25) is 4.79 Å². The van der Waals surface area contributed by atoms with Crippen molar-refractivity contribution in [1.29, 1.82) is 0 Å². The van der Waals surface area contributed by atoms with Crippen LogP contribution in [0.25, 0.3) is 17.1 Å². The Hall–Kier alpha value is -2.63. The molecule has 1 amide bonds. The number of ether oxygens (including phenoxy) is 1. The van der Waals surface area contributed by atoms with E-state index in [1.165, 1.54) is 0 Å². The standard InChI is InChI=1S/C14H14N4O2/c1-8(2)20-14-11(13(19)17-18-14)6-9-7-16-12-10(9)4-3-5-15-12/h3-8H,1-2H3,(H,15,16)(H,17,19). The van der Waals surface area contributed by atoms with Gasteiger partial charge < -0.3 is 9.72 Å². The topological polar surface area (TPSA) is 79.4 Å². The Kier molecular flexibility index (Phi) is 2.98. The third-order valence-corrected chi connectivity index (χ3v) is 2.86. The van der Waals surface area contributed by atoms with Gasteiger partial charge in [0, 0.05) is 23.3 Å². The van der Waals surface area contributed by atoms with Crippen molar-refractivity contribution in [3.63, 3.8) is 0 Å². The van der Waals surface area contributed by atoms with E-state index in [2.05, 4.69) is 20.5 Å². The highest BCUT2D eigenvalue weighted by atomic mass is 16.5. The molecule has 102 valence electrons. The lowest BCUT2D eigenvalue weighted by Crippen LogP contribution is -2.16. The number of carbonyl (C=O) groups excluding carboxylic acids is 1. The molecule has 0 aromatic carbocycles. The highest BCUT2D eigenvalue weighted by Crippen LogP contribution is 2.21. The van der Waals surface area contributed by atoms with Crippen LogP contribution in [0, 0.1) is 0 Å². The summed E-state index contributed by atoms with van der Waals surface area (Å²) in [7, 11) is 0. The van der Waals surface area contributed by atoms with Crippen molar-refractivity contribution < 1.29 is 9.53 Å². The summed E-state index contributed by atoms with van der Waals surface area (Å²) >= 11 is 0. The minimum atomic E-state index is -0.265. The quantitative estimate of drug-likeness (QED) is 0.817. The fourth-order valence-electron chi connectivity index (χ4n) is 2.01. The van der Waals surface area contributed by atoms with Gasteiger partial charge in [0.25, 0.3) is 5.91 Å². The van der Waals surface area contributed by atoms with Crippen LogP contribution in [0.3, 0.4) is 0 Å². The molecule has 3 heterocycles. The van der Waals surface area contributed by atoms with Crippen LogP contribution in [0.1, 0.15) is 19.4 Å². The van der Waals surface area contributed by atoms with E-state index in [0.29, 0.717) is 11.5 Å². The Morgan fingerprint density at radius 3 is 3.05 bits per heavy atom. The predicted octanol–water partition coefficient (Wildman–Crippen LogP) is 1.81. The molecule has 6 heteroatoms. The number of nitrogens with one attached hydrogen (secondary N) is 2. The lowest BCUT2D eigenvalue weighted by atomic mass is 10.1. The smallest absolute Gasteiger partial charge is 0.277 e. The first kappa shape index (κ1) is 12.4. The maximum absolute atomic E-state index is 11.8. The number of hydrogen-bond donors (Lipinski definition) is 2. The number of rotatable bonds is 2. The van der Waals surface area contributed by atoms with Gasteiger partial charge in [0.15, 0.2) is 0 Å². The maximum atomic E-state index is 11.8. The van der Waals surface area contributed by atoms with Crippen molar-refractivity contribution in [2.45, 2.75) is 20.0 Å². The molecule has 0 radical (unpaired) electrons. The Bertz CT molecular complexity index is 728. The molecule has 0 atom stereocenters. The molecule has 1 aliphatic rings. The first-order valence-electron chi connectivity index (χ1n) is 6.34. The van der Waals surface area contributed by atoms with E-state index < -0.39 is 0 Å². The Morgan fingerprint density at radius 1 is 1.40 bits per heavy atom. The second-order valence-corrected chi connectivity index (χ2v) is 4.73. The number of carbonyl (C=O) groups is 1. The molecule has 20 heavy (non-hydrogen) atoms. The largest absolute Gasteiger partial charge is 0.473 e. The molecule has 3 rings (SSSR count). The molecule has 2 N–H and O–H groups in total. The fourth-order valence-corrected chi connectivity index (χ4v) is 2.01. The lowest BCUT2D eigenvalue weighted by molar-refractivity contribution is -0.116. The summed E-state index contributed by atoms with van der Waals surface area (Å²) in [5, 5.41) is 4.85. The van der Waals surface area contributed by atoms with Crippen molar-refractivity contribution in [1.82, 2.24) is 15.4 Å². The molecular formula is C14H14N4O2. The van der Waals surface area contributed by atoms with E-state index >= 15 is 0 Å². The molecule has 2 aromatic rings. The first-order chi connectivity index (χ1) is 9.65.